The maximum atomic E-state index is 12.8. The van der Waals surface area contributed by atoms with E-state index in [0.29, 0.717) is 37.1 Å². The second-order valence-electron chi connectivity index (χ2n) is 6.88. The molecule has 0 bridgehead atoms. The van der Waals surface area contributed by atoms with Crippen molar-refractivity contribution < 1.29 is 13.5 Å². The summed E-state index contributed by atoms with van der Waals surface area (Å²) in [6.07, 6.45) is 4.52. The second-order valence-corrected chi connectivity index (χ2v) is 8.71. The molecule has 0 amide bonds. The predicted octanol–water partition coefficient (Wildman–Crippen LogP) is -0.367. The highest BCUT2D eigenvalue weighted by Crippen LogP contribution is 2.22. The van der Waals surface area contributed by atoms with Crippen LogP contribution >= 0.6 is 0 Å². The van der Waals surface area contributed by atoms with Gasteiger partial charge in [0.25, 0.3) is 15.6 Å². The molecule has 0 atom stereocenters. The van der Waals surface area contributed by atoms with E-state index in [-0.39, 0.29) is 23.9 Å². The van der Waals surface area contributed by atoms with E-state index < -0.39 is 10.0 Å². The average Bonchev–Trinajstić information content (AvgIpc) is 3.17. The molecular weight excluding hydrogens is 396 g/mol. The molecule has 3 heterocycles. The smallest absolute Gasteiger partial charge is 0.277 e. The monoisotopic (exact) mass is 418 g/mol. The third-order valence-corrected chi connectivity index (χ3v) is 7.00. The van der Waals surface area contributed by atoms with E-state index in [0.717, 1.165) is 5.69 Å². The Labute approximate surface area is 167 Å². The summed E-state index contributed by atoms with van der Waals surface area (Å²) >= 11 is 0. The first-order valence-corrected chi connectivity index (χ1v) is 10.7. The summed E-state index contributed by atoms with van der Waals surface area (Å²) < 4.78 is 29.9. The lowest BCUT2D eigenvalue weighted by Gasteiger charge is -2.35. The lowest BCUT2D eigenvalue weighted by Crippen LogP contribution is -2.49. The van der Waals surface area contributed by atoms with Crippen molar-refractivity contribution in [3.63, 3.8) is 0 Å². The van der Waals surface area contributed by atoms with E-state index >= 15 is 0 Å². The molecule has 0 spiro atoms. The lowest BCUT2D eigenvalue weighted by atomic mass is 10.2. The quantitative estimate of drug-likeness (QED) is 0.602. The van der Waals surface area contributed by atoms with E-state index in [1.165, 1.54) is 26.0 Å². The summed E-state index contributed by atoms with van der Waals surface area (Å²) in [5.41, 5.74) is 1.27. The highest BCUT2D eigenvalue weighted by Gasteiger charge is 2.31. The number of aryl methyl sites for hydroxylation is 1. The molecular formula is C18H22N6O4S. The summed E-state index contributed by atoms with van der Waals surface area (Å²) in [6, 6.07) is 5.41. The Bertz CT molecular complexity index is 1190. The van der Waals surface area contributed by atoms with Crippen LogP contribution in [0.15, 0.2) is 46.9 Å². The maximum Gasteiger partial charge on any atom is 0.277 e. The molecule has 0 unspecified atom stereocenters. The number of hydrogen-bond acceptors (Lipinski definition) is 7. The van der Waals surface area contributed by atoms with Crippen molar-refractivity contribution in [2.45, 2.75) is 11.7 Å². The summed E-state index contributed by atoms with van der Waals surface area (Å²) in [6.45, 7) is 1.82. The molecule has 154 valence electrons. The van der Waals surface area contributed by atoms with Gasteiger partial charge in [-0.2, -0.15) is 4.31 Å². The lowest BCUT2D eigenvalue weighted by molar-refractivity contribution is 0.274. The third kappa shape index (κ3) is 3.52. The van der Waals surface area contributed by atoms with Gasteiger partial charge in [0.05, 0.1) is 30.4 Å². The number of benzene rings is 1. The molecule has 1 aromatic carbocycles. The van der Waals surface area contributed by atoms with Gasteiger partial charge in [0, 0.05) is 51.3 Å². The molecule has 0 radical (unpaired) electrons. The Kier molecular flexibility index (Phi) is 5.11. The van der Waals surface area contributed by atoms with Crippen molar-refractivity contribution in [1.29, 1.82) is 0 Å². The number of rotatable bonds is 5. The summed E-state index contributed by atoms with van der Waals surface area (Å²) in [5, 5.41) is 9.57. The zero-order valence-corrected chi connectivity index (χ0v) is 16.8. The molecule has 11 heteroatoms. The minimum absolute atomic E-state index is 0.0417. The fourth-order valence-corrected chi connectivity index (χ4v) is 5.01. The van der Waals surface area contributed by atoms with Gasteiger partial charge in [-0.05, 0) is 18.2 Å². The van der Waals surface area contributed by atoms with E-state index in [1.807, 2.05) is 12.1 Å². The second kappa shape index (κ2) is 7.58. The Balaban J connectivity index is 1.53. The zero-order chi connectivity index (χ0) is 20.6. The van der Waals surface area contributed by atoms with Gasteiger partial charge in [-0.15, -0.1) is 0 Å². The Morgan fingerprint density at radius 1 is 1.14 bits per heavy atom. The third-order valence-electron chi connectivity index (χ3n) is 5.10. The number of aromatic nitrogens is 4. The molecule has 1 saturated heterocycles. The number of hydrogen-bond donors (Lipinski definition) is 1. The first-order chi connectivity index (χ1) is 13.9. The van der Waals surface area contributed by atoms with Crippen LogP contribution in [0, 0.1) is 0 Å². The Morgan fingerprint density at radius 3 is 2.55 bits per heavy atom. The molecule has 1 aliphatic rings. The number of aliphatic hydroxyl groups is 1. The number of aliphatic hydroxyl groups excluding tert-OH is 1. The van der Waals surface area contributed by atoms with Crippen molar-refractivity contribution >= 4 is 26.6 Å². The van der Waals surface area contributed by atoms with Crippen LogP contribution in [0.1, 0.15) is 0 Å². The number of imidazole rings is 1. The number of nitrogens with zero attached hydrogens (tertiary/aromatic N) is 6. The van der Waals surface area contributed by atoms with Crippen molar-refractivity contribution in [3.8, 4) is 0 Å². The van der Waals surface area contributed by atoms with Crippen LogP contribution in [0.4, 0.5) is 5.69 Å². The van der Waals surface area contributed by atoms with Crippen LogP contribution in [-0.4, -0.2) is 69.7 Å². The van der Waals surface area contributed by atoms with Crippen LogP contribution < -0.4 is 10.5 Å². The fraction of sp³-hybridized carbons (Fsp3) is 0.389. The molecule has 10 nitrogen and oxygen atoms in total. The van der Waals surface area contributed by atoms with Gasteiger partial charge in [0.2, 0.25) is 5.16 Å². The van der Waals surface area contributed by atoms with Gasteiger partial charge in [0.15, 0.2) is 0 Å². The predicted molar refractivity (Wildman–Crippen MR) is 107 cm³/mol. The largest absolute Gasteiger partial charge is 0.395 e. The van der Waals surface area contributed by atoms with E-state index in [2.05, 4.69) is 14.9 Å². The van der Waals surface area contributed by atoms with E-state index in [1.54, 1.807) is 19.3 Å². The molecule has 1 fully saturated rings. The average molecular weight is 418 g/mol. The van der Waals surface area contributed by atoms with Crippen LogP contribution in [-0.2, 0) is 23.6 Å². The standard InChI is InChI=1S/C18H22N6O4S/c1-21-5-4-19-18(21)29(27,28)24-8-6-22(7-9-24)14-2-3-15-16(12-14)20-13-23(10-11-25)17(15)26/h2-5,12-13,25H,6-11H2,1H3. The van der Waals surface area contributed by atoms with Gasteiger partial charge in [0.1, 0.15) is 0 Å². The minimum atomic E-state index is -3.62. The van der Waals surface area contributed by atoms with Crippen molar-refractivity contribution in [2.75, 3.05) is 37.7 Å². The van der Waals surface area contributed by atoms with Gasteiger partial charge in [-0.1, -0.05) is 0 Å². The van der Waals surface area contributed by atoms with E-state index in [4.69, 9.17) is 5.11 Å². The SMILES string of the molecule is Cn1ccnc1S(=O)(=O)N1CCN(c2ccc3c(=O)n(CCO)cnc3c2)CC1. The summed E-state index contributed by atoms with van der Waals surface area (Å²) in [7, 11) is -1.96. The normalized spacial score (nSPS) is 15.9. The molecule has 1 aliphatic heterocycles. The van der Waals surface area contributed by atoms with Crippen molar-refractivity contribution in [1.82, 2.24) is 23.4 Å². The molecule has 4 rings (SSSR count). The van der Waals surface area contributed by atoms with Gasteiger partial charge in [-0.25, -0.2) is 18.4 Å². The highest BCUT2D eigenvalue weighted by molar-refractivity contribution is 7.89. The topological polar surface area (TPSA) is 114 Å². The van der Waals surface area contributed by atoms with Gasteiger partial charge in [-0.3, -0.25) is 9.36 Å². The Hall–Kier alpha value is -2.76. The minimum Gasteiger partial charge on any atom is -0.395 e. The molecule has 0 aliphatic carbocycles. The summed E-state index contributed by atoms with van der Waals surface area (Å²) in [4.78, 5) is 22.8. The molecule has 2 aromatic heterocycles. The zero-order valence-electron chi connectivity index (χ0n) is 16.0. The molecule has 1 N–H and O–H groups in total. The van der Waals surface area contributed by atoms with Crippen molar-refractivity contribution in [2.24, 2.45) is 7.05 Å². The van der Waals surface area contributed by atoms with E-state index in [9.17, 15) is 13.2 Å². The number of fused-ring (bicyclic) bond motifs is 1. The van der Waals surface area contributed by atoms with Crippen LogP contribution in [0.2, 0.25) is 0 Å². The van der Waals surface area contributed by atoms with Crippen LogP contribution in [0.25, 0.3) is 10.9 Å². The molecule has 0 saturated carbocycles. The first kappa shape index (κ1) is 19.6. The number of sulfonamides is 1. The molecule has 3 aromatic rings. The van der Waals surface area contributed by atoms with Crippen LogP contribution in [0.5, 0.6) is 0 Å². The van der Waals surface area contributed by atoms with Gasteiger partial charge >= 0.3 is 0 Å². The number of anilines is 1. The number of piperazine rings is 1. The van der Waals surface area contributed by atoms with Gasteiger partial charge < -0.3 is 14.6 Å². The maximum absolute atomic E-state index is 12.8. The van der Waals surface area contributed by atoms with Crippen LogP contribution in [0.3, 0.4) is 0 Å². The first-order valence-electron chi connectivity index (χ1n) is 9.24. The highest BCUT2D eigenvalue weighted by atomic mass is 32.2. The Morgan fingerprint density at radius 2 is 1.90 bits per heavy atom. The summed E-state index contributed by atoms with van der Waals surface area (Å²) in [5.74, 6) is 0. The van der Waals surface area contributed by atoms with Crippen molar-refractivity contribution in [3.05, 3.63) is 47.3 Å². The molecule has 29 heavy (non-hydrogen) atoms. The fourth-order valence-electron chi connectivity index (χ4n) is 3.51.